The number of nitrogens with one attached hydrogen (secondary N) is 1. The molecule has 0 atom stereocenters. The average molecular weight is 456 g/mol. The molecule has 0 saturated carbocycles. The first-order valence-electron chi connectivity index (χ1n) is 11.4. The molecule has 0 bridgehead atoms. The van der Waals surface area contributed by atoms with E-state index in [1.54, 1.807) is 11.3 Å². The summed E-state index contributed by atoms with van der Waals surface area (Å²) in [6, 6.07) is 2.03. The third-order valence-corrected chi connectivity index (χ3v) is 8.71. The first-order valence-corrected chi connectivity index (χ1v) is 13.1. The Morgan fingerprint density at radius 3 is 3.00 bits per heavy atom. The minimum absolute atomic E-state index is 0.363. The molecule has 0 aromatic carbocycles. The van der Waals surface area contributed by atoms with Crippen LogP contribution in [-0.4, -0.2) is 35.5 Å². The number of thiazole rings is 1. The van der Waals surface area contributed by atoms with E-state index in [1.807, 2.05) is 29.8 Å². The van der Waals surface area contributed by atoms with Crippen molar-refractivity contribution in [3.8, 4) is 10.6 Å². The third kappa shape index (κ3) is 4.90. The number of hydrogen-bond donors (Lipinski definition) is 1. The Kier molecular flexibility index (Phi) is 6.74. The van der Waals surface area contributed by atoms with Gasteiger partial charge in [0.1, 0.15) is 16.3 Å². The first kappa shape index (κ1) is 21.2. The average Bonchev–Trinajstić information content (AvgIpc) is 3.38. The summed E-state index contributed by atoms with van der Waals surface area (Å²) < 4.78 is 6.60. The van der Waals surface area contributed by atoms with Crippen molar-refractivity contribution in [2.75, 3.05) is 19.8 Å². The van der Waals surface area contributed by atoms with Crippen LogP contribution in [-0.2, 0) is 28.9 Å². The van der Waals surface area contributed by atoms with Crippen LogP contribution in [0.4, 0.5) is 0 Å². The van der Waals surface area contributed by atoms with Crippen LogP contribution in [0.1, 0.15) is 53.8 Å². The highest BCUT2D eigenvalue weighted by Gasteiger charge is 2.25. The number of unbranched alkanes of at least 4 members (excludes halogenated alkanes) is 1. The number of nitrogens with zero attached hydrogens (tertiary/aromatic N) is 2. The highest BCUT2D eigenvalue weighted by atomic mass is 32.1. The molecular weight excluding hydrogens is 426 g/mol. The Labute approximate surface area is 191 Å². The predicted molar refractivity (Wildman–Crippen MR) is 127 cm³/mol. The number of carbonyl (C=O) groups is 1. The summed E-state index contributed by atoms with van der Waals surface area (Å²) in [6.45, 7) is 3.71. The molecule has 31 heavy (non-hydrogen) atoms. The first-order chi connectivity index (χ1) is 15.3. The van der Waals surface area contributed by atoms with Gasteiger partial charge in [0.25, 0.3) is 0 Å². The smallest absolute Gasteiger partial charge is 0.138 e. The summed E-state index contributed by atoms with van der Waals surface area (Å²) in [4.78, 5) is 24.6. The molecule has 2 aliphatic rings. The maximum Gasteiger partial charge on any atom is 0.138 e. The molecule has 1 N–H and O–H groups in total. The predicted octanol–water partition coefficient (Wildman–Crippen LogP) is 5.16. The van der Waals surface area contributed by atoms with Gasteiger partial charge in [-0.2, -0.15) is 0 Å². The Bertz CT molecular complexity index is 1020. The van der Waals surface area contributed by atoms with Gasteiger partial charge in [-0.25, -0.2) is 4.98 Å². The molecule has 2 aliphatic heterocycles. The van der Waals surface area contributed by atoms with E-state index in [9.17, 15) is 4.79 Å². The summed E-state index contributed by atoms with van der Waals surface area (Å²) in [6.07, 6.45) is 11.7. The van der Waals surface area contributed by atoms with Crippen molar-refractivity contribution in [3.63, 3.8) is 0 Å². The highest BCUT2D eigenvalue weighted by Crippen LogP contribution is 2.41. The lowest BCUT2D eigenvalue weighted by Crippen LogP contribution is -2.22. The molecule has 0 spiro atoms. The Balaban J connectivity index is 1.28. The van der Waals surface area contributed by atoms with E-state index in [1.165, 1.54) is 40.1 Å². The number of ether oxygens (including phenoxy) is 1. The number of fused-ring (bicyclic) bond motifs is 2. The van der Waals surface area contributed by atoms with E-state index in [2.05, 4.69) is 10.3 Å². The second-order valence-electron chi connectivity index (χ2n) is 8.61. The zero-order valence-electron chi connectivity index (χ0n) is 17.8. The molecule has 0 radical (unpaired) electrons. The van der Waals surface area contributed by atoms with Crippen LogP contribution in [0.5, 0.6) is 0 Å². The van der Waals surface area contributed by atoms with Crippen molar-refractivity contribution in [1.82, 2.24) is 15.3 Å². The number of pyridine rings is 1. The van der Waals surface area contributed by atoms with Gasteiger partial charge in [0.15, 0.2) is 0 Å². The topological polar surface area (TPSA) is 64.1 Å². The van der Waals surface area contributed by atoms with Crippen molar-refractivity contribution in [1.29, 1.82) is 0 Å². The van der Waals surface area contributed by atoms with Crippen LogP contribution >= 0.6 is 22.7 Å². The van der Waals surface area contributed by atoms with Gasteiger partial charge in [0.2, 0.25) is 0 Å². The lowest BCUT2D eigenvalue weighted by molar-refractivity contribution is -0.118. The Morgan fingerprint density at radius 1 is 1.23 bits per heavy atom. The van der Waals surface area contributed by atoms with E-state index in [4.69, 9.17) is 9.72 Å². The minimum atomic E-state index is 0.363. The second-order valence-corrected chi connectivity index (χ2v) is 10.8. The standard InChI is InChI=1S/C24H29N3O2S2/c28-17(4-2-1-3-16-7-11-29-12-8-16)13-21-23(18-5-9-26-15-22(18)30-21)24-27-19-14-25-10-6-20(19)31-24/h6,10,14,16,26H,1-5,7-9,11-13,15H2. The maximum absolute atomic E-state index is 12.9. The zero-order chi connectivity index (χ0) is 21.0. The molecule has 3 aromatic rings. The fourth-order valence-corrected chi connectivity index (χ4v) is 7.16. The fourth-order valence-electron chi connectivity index (χ4n) is 4.71. The lowest BCUT2D eigenvalue weighted by Gasteiger charge is -2.21. The van der Waals surface area contributed by atoms with Gasteiger partial charge in [0.05, 0.1) is 10.9 Å². The Hall–Kier alpha value is -1.67. The van der Waals surface area contributed by atoms with Crippen molar-refractivity contribution >= 4 is 38.7 Å². The molecule has 0 aliphatic carbocycles. The molecule has 164 valence electrons. The number of thiophene rings is 1. The molecule has 5 heterocycles. The van der Waals surface area contributed by atoms with Gasteiger partial charge >= 0.3 is 0 Å². The number of aromatic nitrogens is 2. The van der Waals surface area contributed by atoms with Crippen molar-refractivity contribution in [2.24, 2.45) is 5.92 Å². The summed E-state index contributed by atoms with van der Waals surface area (Å²) in [7, 11) is 0. The van der Waals surface area contributed by atoms with E-state index >= 15 is 0 Å². The SMILES string of the molecule is O=C(CCCCC1CCOCC1)Cc1sc2c(c1-c1nc3cnccc3s1)CCNC2. The minimum Gasteiger partial charge on any atom is -0.381 e. The normalized spacial score (nSPS) is 17.2. The van der Waals surface area contributed by atoms with Gasteiger partial charge in [-0.3, -0.25) is 9.78 Å². The molecule has 5 rings (SSSR count). The number of hydrogen-bond acceptors (Lipinski definition) is 7. The molecule has 5 nitrogen and oxygen atoms in total. The third-order valence-electron chi connectivity index (χ3n) is 6.42. The largest absolute Gasteiger partial charge is 0.381 e. The Morgan fingerprint density at radius 2 is 2.13 bits per heavy atom. The highest BCUT2D eigenvalue weighted by molar-refractivity contribution is 7.22. The summed E-state index contributed by atoms with van der Waals surface area (Å²) in [5.41, 5.74) is 3.58. The van der Waals surface area contributed by atoms with Crippen LogP contribution in [0.25, 0.3) is 20.8 Å². The second kappa shape index (κ2) is 9.86. The van der Waals surface area contributed by atoms with Crippen molar-refractivity contribution in [3.05, 3.63) is 33.8 Å². The summed E-state index contributed by atoms with van der Waals surface area (Å²) >= 11 is 3.53. The van der Waals surface area contributed by atoms with Crippen LogP contribution < -0.4 is 5.32 Å². The van der Waals surface area contributed by atoms with Gasteiger partial charge in [-0.1, -0.05) is 12.8 Å². The summed E-state index contributed by atoms with van der Waals surface area (Å²) in [5.74, 6) is 1.16. The number of ketones is 1. The van der Waals surface area contributed by atoms with Gasteiger partial charge < -0.3 is 10.1 Å². The number of carbonyl (C=O) groups excluding carboxylic acids is 1. The molecule has 0 amide bonds. The van der Waals surface area contributed by atoms with E-state index in [0.717, 1.165) is 66.7 Å². The number of Topliss-reactive ketones (excluding diaryl/α,β-unsaturated/α-hetero) is 1. The van der Waals surface area contributed by atoms with Crippen molar-refractivity contribution < 1.29 is 9.53 Å². The van der Waals surface area contributed by atoms with E-state index in [0.29, 0.717) is 18.6 Å². The fraction of sp³-hybridized carbons (Fsp3) is 0.542. The molecular formula is C24H29N3O2S2. The quantitative estimate of drug-likeness (QED) is 0.475. The van der Waals surface area contributed by atoms with Gasteiger partial charge in [-0.15, -0.1) is 22.7 Å². The monoisotopic (exact) mass is 455 g/mol. The molecule has 1 fully saturated rings. The van der Waals surface area contributed by atoms with Crippen molar-refractivity contribution in [2.45, 2.75) is 57.9 Å². The van der Waals surface area contributed by atoms with Gasteiger partial charge in [-0.05, 0) is 49.8 Å². The van der Waals surface area contributed by atoms with E-state index in [-0.39, 0.29) is 0 Å². The summed E-state index contributed by atoms with van der Waals surface area (Å²) in [5, 5.41) is 4.52. The maximum atomic E-state index is 12.9. The van der Waals surface area contributed by atoms with Crippen LogP contribution in [0.15, 0.2) is 18.5 Å². The molecule has 7 heteroatoms. The van der Waals surface area contributed by atoms with Gasteiger partial charge in [0, 0.05) is 54.1 Å². The lowest BCUT2D eigenvalue weighted by atomic mass is 9.93. The molecule has 0 unspecified atom stereocenters. The van der Waals surface area contributed by atoms with Crippen LogP contribution in [0, 0.1) is 5.92 Å². The van der Waals surface area contributed by atoms with Crippen LogP contribution in [0.3, 0.4) is 0 Å². The number of rotatable bonds is 8. The van der Waals surface area contributed by atoms with Crippen LogP contribution in [0.2, 0.25) is 0 Å². The van der Waals surface area contributed by atoms with E-state index < -0.39 is 0 Å². The zero-order valence-corrected chi connectivity index (χ0v) is 19.5. The molecule has 3 aromatic heterocycles. The molecule has 1 saturated heterocycles.